The van der Waals surface area contributed by atoms with Gasteiger partial charge < -0.3 is 11.1 Å². The van der Waals surface area contributed by atoms with Crippen LogP contribution >= 0.6 is 0 Å². The summed E-state index contributed by atoms with van der Waals surface area (Å²) < 4.78 is 51.7. The summed E-state index contributed by atoms with van der Waals surface area (Å²) in [6.07, 6.45) is 1.49. The lowest BCUT2D eigenvalue weighted by Crippen LogP contribution is -2.40. The van der Waals surface area contributed by atoms with Crippen molar-refractivity contribution in [2.45, 2.75) is 24.7 Å². The minimum atomic E-state index is -4.45. The number of nitrogens with two attached hydrogens (primary N) is 1. The maximum atomic E-state index is 13.6. The van der Waals surface area contributed by atoms with E-state index in [0.717, 1.165) is 6.42 Å². The van der Waals surface area contributed by atoms with E-state index in [1.165, 1.54) is 0 Å². The quantitative estimate of drug-likeness (QED) is 0.564. The average molecular weight is 307 g/mol. The van der Waals surface area contributed by atoms with Gasteiger partial charge in [0.1, 0.15) is 16.4 Å². The zero-order valence-electron chi connectivity index (χ0n) is 10.7. The molecule has 0 atom stereocenters. The normalized spacial score (nSPS) is 11.2. The largest absolute Gasteiger partial charge is 0.394 e. The Labute approximate surface area is 115 Å². The highest BCUT2D eigenvalue weighted by Crippen LogP contribution is 2.22. The number of nitrogens with one attached hydrogen (secondary N) is 2. The zero-order chi connectivity index (χ0) is 15.3. The monoisotopic (exact) mass is 307 g/mol. The second-order valence-electron chi connectivity index (χ2n) is 3.99. The molecule has 112 valence electrons. The molecule has 0 heterocycles. The van der Waals surface area contributed by atoms with E-state index in [2.05, 4.69) is 5.32 Å². The smallest absolute Gasteiger partial charge is 0.328 e. The van der Waals surface area contributed by atoms with Gasteiger partial charge in [0.25, 0.3) is 10.0 Å². The van der Waals surface area contributed by atoms with Crippen molar-refractivity contribution in [1.82, 2.24) is 10.0 Å². The molecule has 6 nitrogen and oxygen atoms in total. The number of amides is 2. The van der Waals surface area contributed by atoms with Crippen LogP contribution < -0.4 is 15.8 Å². The summed E-state index contributed by atoms with van der Waals surface area (Å²) in [5.74, 6) is -2.51. The maximum absolute atomic E-state index is 13.6. The molecule has 1 aromatic carbocycles. The molecular formula is C11H15F2N3O3S. The van der Waals surface area contributed by atoms with Crippen LogP contribution in [0.25, 0.3) is 0 Å². The Morgan fingerprint density at radius 2 is 2.00 bits per heavy atom. The lowest BCUT2D eigenvalue weighted by Gasteiger charge is -2.10. The molecule has 0 saturated carbocycles. The van der Waals surface area contributed by atoms with Crippen molar-refractivity contribution in [3.05, 3.63) is 23.8 Å². The van der Waals surface area contributed by atoms with E-state index in [0.29, 0.717) is 18.6 Å². The van der Waals surface area contributed by atoms with E-state index < -0.39 is 38.3 Å². The van der Waals surface area contributed by atoms with E-state index in [9.17, 15) is 22.0 Å². The molecule has 0 bridgehead atoms. The Bertz CT molecular complexity index is 605. The molecule has 0 fully saturated rings. The zero-order valence-corrected chi connectivity index (χ0v) is 11.6. The summed E-state index contributed by atoms with van der Waals surface area (Å²) in [5, 5.41) is 2.30. The molecular weight excluding hydrogens is 292 g/mol. The molecule has 4 N–H and O–H groups in total. The van der Waals surface area contributed by atoms with Crippen LogP contribution in [-0.4, -0.2) is 21.0 Å². The predicted molar refractivity (Wildman–Crippen MR) is 69.4 cm³/mol. The number of unbranched alkanes of at least 4 members (excludes halogenated alkanes) is 1. The van der Waals surface area contributed by atoms with Crippen molar-refractivity contribution in [2.75, 3.05) is 12.3 Å². The Morgan fingerprint density at radius 1 is 1.35 bits per heavy atom. The fraction of sp³-hybridized carbons (Fsp3) is 0.364. The van der Waals surface area contributed by atoms with E-state index in [4.69, 9.17) is 5.73 Å². The number of sulfonamides is 1. The van der Waals surface area contributed by atoms with Gasteiger partial charge in [0.05, 0.1) is 0 Å². The summed E-state index contributed by atoms with van der Waals surface area (Å²) in [6, 6.07) is 0.422. The average Bonchev–Trinajstić information content (AvgIpc) is 2.35. The van der Waals surface area contributed by atoms with Crippen molar-refractivity contribution in [3.63, 3.8) is 0 Å². The highest BCUT2D eigenvalue weighted by atomic mass is 32.2. The number of urea groups is 1. The van der Waals surface area contributed by atoms with Gasteiger partial charge >= 0.3 is 6.03 Å². The van der Waals surface area contributed by atoms with Gasteiger partial charge in [-0.2, -0.15) is 0 Å². The van der Waals surface area contributed by atoms with Gasteiger partial charge in [-0.25, -0.2) is 26.7 Å². The van der Waals surface area contributed by atoms with Crippen LogP contribution in [0, 0.1) is 11.6 Å². The van der Waals surface area contributed by atoms with Crippen LogP contribution in [0.2, 0.25) is 0 Å². The van der Waals surface area contributed by atoms with Crippen molar-refractivity contribution in [3.8, 4) is 0 Å². The van der Waals surface area contributed by atoms with Gasteiger partial charge in [-0.1, -0.05) is 13.3 Å². The predicted octanol–water partition coefficient (Wildman–Crippen LogP) is 1.33. The van der Waals surface area contributed by atoms with E-state index >= 15 is 0 Å². The van der Waals surface area contributed by atoms with Crippen LogP contribution in [0.3, 0.4) is 0 Å². The highest BCUT2D eigenvalue weighted by molar-refractivity contribution is 7.90. The standard InChI is InChI=1S/C11H15F2N3O3S/c1-2-3-6-15-11(17)16-20(18,19)8-5-4-7(12)10(14)9(8)13/h4-5H,2-3,6,14H2,1H3,(H2,15,16,17). The number of carbonyl (C=O) groups is 1. The molecule has 20 heavy (non-hydrogen) atoms. The maximum Gasteiger partial charge on any atom is 0.328 e. The fourth-order valence-corrected chi connectivity index (χ4v) is 2.37. The number of rotatable bonds is 5. The molecule has 0 radical (unpaired) electrons. The van der Waals surface area contributed by atoms with E-state index in [-0.39, 0.29) is 6.54 Å². The van der Waals surface area contributed by atoms with Crippen molar-refractivity contribution >= 4 is 21.7 Å². The first-order chi connectivity index (χ1) is 9.29. The third kappa shape index (κ3) is 3.80. The Morgan fingerprint density at radius 3 is 2.60 bits per heavy atom. The Kier molecular flexibility index (Phi) is 5.26. The van der Waals surface area contributed by atoms with Crippen molar-refractivity contribution in [2.24, 2.45) is 0 Å². The summed E-state index contributed by atoms with van der Waals surface area (Å²) in [4.78, 5) is 10.5. The van der Waals surface area contributed by atoms with Crippen LogP contribution in [0.4, 0.5) is 19.3 Å². The number of hydrogen-bond acceptors (Lipinski definition) is 4. The number of carbonyl (C=O) groups excluding carboxylic acids is 1. The van der Waals surface area contributed by atoms with Gasteiger partial charge in [0.2, 0.25) is 0 Å². The molecule has 0 spiro atoms. The van der Waals surface area contributed by atoms with Crippen molar-refractivity contribution in [1.29, 1.82) is 0 Å². The third-order valence-electron chi connectivity index (χ3n) is 2.42. The van der Waals surface area contributed by atoms with Gasteiger partial charge in [-0.05, 0) is 18.6 Å². The molecule has 0 aliphatic rings. The van der Waals surface area contributed by atoms with Gasteiger partial charge in [0.15, 0.2) is 5.82 Å². The Hall–Kier alpha value is -1.90. The summed E-state index contributed by atoms with van der Waals surface area (Å²) in [7, 11) is -4.45. The molecule has 0 aromatic heterocycles. The minimum Gasteiger partial charge on any atom is -0.394 e. The molecule has 1 aromatic rings. The number of anilines is 1. The van der Waals surface area contributed by atoms with E-state index in [1.807, 2.05) is 6.92 Å². The number of hydrogen-bond donors (Lipinski definition) is 3. The van der Waals surface area contributed by atoms with Gasteiger partial charge in [0, 0.05) is 6.54 Å². The molecule has 0 aliphatic heterocycles. The van der Waals surface area contributed by atoms with Crippen LogP contribution in [-0.2, 0) is 10.0 Å². The summed E-state index contributed by atoms with van der Waals surface area (Å²) >= 11 is 0. The van der Waals surface area contributed by atoms with Crippen molar-refractivity contribution < 1.29 is 22.0 Å². The van der Waals surface area contributed by atoms with Crippen LogP contribution in [0.1, 0.15) is 19.8 Å². The minimum absolute atomic E-state index is 0.284. The highest BCUT2D eigenvalue weighted by Gasteiger charge is 2.24. The second kappa shape index (κ2) is 6.51. The summed E-state index contributed by atoms with van der Waals surface area (Å²) in [5.41, 5.74) is 4.15. The molecule has 0 aliphatic carbocycles. The first-order valence-electron chi connectivity index (χ1n) is 5.83. The molecule has 0 unspecified atom stereocenters. The first-order valence-corrected chi connectivity index (χ1v) is 7.32. The van der Waals surface area contributed by atoms with Gasteiger partial charge in [-0.15, -0.1) is 0 Å². The first kappa shape index (κ1) is 16.2. The van der Waals surface area contributed by atoms with Crippen LogP contribution in [0.5, 0.6) is 0 Å². The topological polar surface area (TPSA) is 101 Å². The lowest BCUT2D eigenvalue weighted by atomic mass is 10.3. The van der Waals surface area contributed by atoms with Crippen LogP contribution in [0.15, 0.2) is 17.0 Å². The molecule has 1 rings (SSSR count). The number of nitrogen functional groups attached to an aromatic ring is 1. The SMILES string of the molecule is CCCCNC(=O)NS(=O)(=O)c1ccc(F)c(N)c1F. The molecule has 2 amide bonds. The summed E-state index contributed by atoms with van der Waals surface area (Å²) in [6.45, 7) is 2.18. The Balaban J connectivity index is 2.90. The molecule has 0 saturated heterocycles. The fourth-order valence-electron chi connectivity index (χ4n) is 1.35. The molecule has 9 heteroatoms. The van der Waals surface area contributed by atoms with E-state index in [1.54, 1.807) is 4.72 Å². The van der Waals surface area contributed by atoms with Gasteiger partial charge in [-0.3, -0.25) is 0 Å². The lowest BCUT2D eigenvalue weighted by molar-refractivity contribution is 0.245. The second-order valence-corrected chi connectivity index (χ2v) is 5.64. The number of halogens is 2. The number of benzene rings is 1. The third-order valence-corrected chi connectivity index (χ3v) is 3.77.